The maximum atomic E-state index is 11.5. The van der Waals surface area contributed by atoms with E-state index in [1.165, 1.54) is 0 Å². The van der Waals surface area contributed by atoms with Gasteiger partial charge in [-0.1, -0.05) is 23.9 Å². The molecule has 0 fully saturated rings. The summed E-state index contributed by atoms with van der Waals surface area (Å²) in [6.45, 7) is 5.72. The van der Waals surface area contributed by atoms with Crippen molar-refractivity contribution in [2.75, 3.05) is 6.61 Å². The van der Waals surface area contributed by atoms with Crippen molar-refractivity contribution in [3.05, 3.63) is 30.3 Å². The van der Waals surface area contributed by atoms with Gasteiger partial charge in [-0.25, -0.2) is 4.79 Å². The van der Waals surface area contributed by atoms with Crippen LogP contribution in [0.15, 0.2) is 24.8 Å². The maximum absolute atomic E-state index is 11.5. The summed E-state index contributed by atoms with van der Waals surface area (Å²) in [7, 11) is 0. The molecule has 0 saturated carbocycles. The molecule has 82 valence electrons. The first kappa shape index (κ1) is 10.4. The summed E-state index contributed by atoms with van der Waals surface area (Å²) < 4.78 is 6.00. The first-order chi connectivity index (χ1) is 7.76. The van der Waals surface area contributed by atoms with Crippen LogP contribution in [0.5, 0.6) is 0 Å². The highest BCUT2D eigenvalue weighted by atomic mass is 16.6. The Bertz CT molecular complexity index is 545. The van der Waals surface area contributed by atoms with Crippen molar-refractivity contribution >= 4 is 23.2 Å². The standard InChI is InChI=1S/C11H11N3O2/c1-3-8-5-6-10-9(7-8)12-13-14(10)11(15)16-4-2/h3,5-7H,1,4H2,2H3. The van der Waals surface area contributed by atoms with Crippen molar-refractivity contribution in [3.63, 3.8) is 0 Å². The summed E-state index contributed by atoms with van der Waals surface area (Å²) in [5.74, 6) is 0. The first-order valence-electron chi connectivity index (χ1n) is 4.91. The lowest BCUT2D eigenvalue weighted by Gasteiger charge is -2.00. The van der Waals surface area contributed by atoms with Crippen LogP contribution < -0.4 is 0 Å². The number of hydrogen-bond donors (Lipinski definition) is 0. The minimum Gasteiger partial charge on any atom is -0.448 e. The van der Waals surface area contributed by atoms with Gasteiger partial charge in [0.1, 0.15) is 11.0 Å². The molecule has 0 unspecified atom stereocenters. The summed E-state index contributed by atoms with van der Waals surface area (Å²) in [6, 6.07) is 5.42. The van der Waals surface area contributed by atoms with E-state index in [4.69, 9.17) is 4.74 Å². The van der Waals surface area contributed by atoms with E-state index in [0.717, 1.165) is 10.2 Å². The average Bonchev–Trinajstić information content (AvgIpc) is 2.71. The van der Waals surface area contributed by atoms with Crippen molar-refractivity contribution in [1.82, 2.24) is 15.0 Å². The van der Waals surface area contributed by atoms with E-state index < -0.39 is 6.09 Å². The van der Waals surface area contributed by atoms with Crippen molar-refractivity contribution in [3.8, 4) is 0 Å². The fourth-order valence-electron chi connectivity index (χ4n) is 1.39. The highest BCUT2D eigenvalue weighted by Crippen LogP contribution is 2.14. The van der Waals surface area contributed by atoms with Gasteiger partial charge in [-0.2, -0.15) is 0 Å². The van der Waals surface area contributed by atoms with E-state index in [1.807, 2.05) is 12.1 Å². The molecule has 0 aliphatic rings. The Morgan fingerprint density at radius 1 is 1.62 bits per heavy atom. The van der Waals surface area contributed by atoms with Crippen LogP contribution in [-0.4, -0.2) is 27.7 Å². The molecule has 1 aromatic carbocycles. The lowest BCUT2D eigenvalue weighted by molar-refractivity contribution is 0.151. The molecule has 0 radical (unpaired) electrons. The van der Waals surface area contributed by atoms with Crippen molar-refractivity contribution in [2.45, 2.75) is 6.92 Å². The van der Waals surface area contributed by atoms with Gasteiger partial charge in [0.2, 0.25) is 0 Å². The number of rotatable bonds is 2. The normalized spacial score (nSPS) is 10.3. The molecule has 5 heteroatoms. The number of fused-ring (bicyclic) bond motifs is 1. The van der Waals surface area contributed by atoms with Gasteiger partial charge in [-0.15, -0.1) is 9.78 Å². The van der Waals surface area contributed by atoms with Crippen molar-refractivity contribution in [1.29, 1.82) is 0 Å². The Labute approximate surface area is 92.3 Å². The van der Waals surface area contributed by atoms with E-state index in [0.29, 0.717) is 17.6 Å². The average molecular weight is 217 g/mol. The largest absolute Gasteiger partial charge is 0.448 e. The zero-order valence-electron chi connectivity index (χ0n) is 8.88. The highest BCUT2D eigenvalue weighted by Gasteiger charge is 2.12. The molecule has 0 spiro atoms. The molecule has 0 saturated heterocycles. The number of ether oxygens (including phenoxy) is 1. The van der Waals surface area contributed by atoms with Crippen LogP contribution >= 0.6 is 0 Å². The molecular formula is C11H11N3O2. The van der Waals surface area contributed by atoms with E-state index >= 15 is 0 Å². The molecule has 0 bridgehead atoms. The van der Waals surface area contributed by atoms with Crippen molar-refractivity contribution < 1.29 is 9.53 Å². The summed E-state index contributed by atoms with van der Waals surface area (Å²) >= 11 is 0. The second kappa shape index (κ2) is 4.14. The third-order valence-electron chi connectivity index (χ3n) is 2.15. The van der Waals surface area contributed by atoms with Crippen LogP contribution in [0.4, 0.5) is 4.79 Å². The Morgan fingerprint density at radius 2 is 2.44 bits per heavy atom. The molecule has 5 nitrogen and oxygen atoms in total. The van der Waals surface area contributed by atoms with Gasteiger partial charge >= 0.3 is 6.09 Å². The summed E-state index contributed by atoms with van der Waals surface area (Å²) in [4.78, 5) is 11.5. The third-order valence-corrected chi connectivity index (χ3v) is 2.15. The number of hydrogen-bond acceptors (Lipinski definition) is 4. The number of aromatic nitrogens is 3. The molecule has 2 rings (SSSR count). The SMILES string of the molecule is C=Cc1ccc2c(c1)nnn2C(=O)OCC. The molecule has 2 aromatic rings. The van der Waals surface area contributed by atoms with Gasteiger partial charge in [0, 0.05) is 0 Å². The van der Waals surface area contributed by atoms with Crippen LogP contribution in [0.25, 0.3) is 17.1 Å². The second-order valence-electron chi connectivity index (χ2n) is 3.15. The van der Waals surface area contributed by atoms with Crippen molar-refractivity contribution in [2.24, 2.45) is 0 Å². The third kappa shape index (κ3) is 1.67. The minimum atomic E-state index is -0.517. The van der Waals surface area contributed by atoms with Crippen LogP contribution in [0.1, 0.15) is 12.5 Å². The van der Waals surface area contributed by atoms with Gasteiger partial charge in [0.05, 0.1) is 6.61 Å². The van der Waals surface area contributed by atoms with Gasteiger partial charge in [-0.05, 0) is 24.6 Å². The minimum absolute atomic E-state index is 0.310. The molecule has 0 aliphatic heterocycles. The molecule has 0 amide bonds. The van der Waals surface area contributed by atoms with Crippen LogP contribution in [-0.2, 0) is 4.74 Å². The molecule has 0 atom stereocenters. The predicted octanol–water partition coefficient (Wildman–Crippen LogP) is 2.08. The molecule has 1 heterocycles. The van der Waals surface area contributed by atoms with Gasteiger partial charge in [-0.3, -0.25) is 0 Å². The number of nitrogens with zero attached hydrogens (tertiary/aromatic N) is 3. The quantitative estimate of drug-likeness (QED) is 0.772. The zero-order chi connectivity index (χ0) is 11.5. The lowest BCUT2D eigenvalue weighted by atomic mass is 10.2. The zero-order valence-corrected chi connectivity index (χ0v) is 8.88. The fourth-order valence-corrected chi connectivity index (χ4v) is 1.39. The van der Waals surface area contributed by atoms with E-state index in [9.17, 15) is 4.79 Å². The van der Waals surface area contributed by atoms with Gasteiger partial charge < -0.3 is 4.74 Å². The Balaban J connectivity index is 2.49. The highest BCUT2D eigenvalue weighted by molar-refractivity contribution is 5.86. The monoisotopic (exact) mass is 217 g/mol. The summed E-state index contributed by atoms with van der Waals surface area (Å²) in [5, 5.41) is 7.64. The second-order valence-corrected chi connectivity index (χ2v) is 3.15. The summed E-state index contributed by atoms with van der Waals surface area (Å²) in [5.41, 5.74) is 2.21. The maximum Gasteiger partial charge on any atom is 0.436 e. The van der Waals surface area contributed by atoms with Gasteiger partial charge in [0.25, 0.3) is 0 Å². The summed E-state index contributed by atoms with van der Waals surface area (Å²) in [6.07, 6.45) is 1.19. The molecule has 0 N–H and O–H groups in total. The topological polar surface area (TPSA) is 57.0 Å². The van der Waals surface area contributed by atoms with Crippen LogP contribution in [0, 0.1) is 0 Å². The Hall–Kier alpha value is -2.17. The van der Waals surface area contributed by atoms with E-state index in [2.05, 4.69) is 16.9 Å². The predicted molar refractivity (Wildman–Crippen MR) is 60.0 cm³/mol. The fraction of sp³-hybridized carbons (Fsp3) is 0.182. The van der Waals surface area contributed by atoms with E-state index in [1.54, 1.807) is 19.1 Å². The molecule has 0 aliphatic carbocycles. The van der Waals surface area contributed by atoms with Crippen LogP contribution in [0.2, 0.25) is 0 Å². The molecule has 16 heavy (non-hydrogen) atoms. The first-order valence-corrected chi connectivity index (χ1v) is 4.91. The Morgan fingerprint density at radius 3 is 3.12 bits per heavy atom. The molecular weight excluding hydrogens is 206 g/mol. The lowest BCUT2D eigenvalue weighted by Crippen LogP contribution is -2.14. The molecule has 1 aromatic heterocycles. The van der Waals surface area contributed by atoms with E-state index in [-0.39, 0.29) is 0 Å². The smallest absolute Gasteiger partial charge is 0.436 e. The van der Waals surface area contributed by atoms with Crippen LogP contribution in [0.3, 0.4) is 0 Å². The Kier molecular flexibility index (Phi) is 2.68. The van der Waals surface area contributed by atoms with Gasteiger partial charge in [0.15, 0.2) is 0 Å². The number of carbonyl (C=O) groups is 1. The number of carbonyl (C=O) groups excluding carboxylic acids is 1. The number of benzene rings is 1.